The molecule has 1 aromatic carbocycles. The number of benzene rings is 1. The maximum atomic E-state index is 10.7. The Morgan fingerprint density at radius 1 is 1.53 bits per heavy atom. The Balaban J connectivity index is 2.94. The predicted molar refractivity (Wildman–Crippen MR) is 60.4 cm³/mol. The van der Waals surface area contributed by atoms with Crippen LogP contribution in [0.2, 0.25) is 0 Å². The van der Waals surface area contributed by atoms with Gasteiger partial charge in [-0.2, -0.15) is 0 Å². The fourth-order valence-electron chi connectivity index (χ4n) is 1.08. The fourth-order valence-corrected chi connectivity index (χ4v) is 1.08. The molecule has 4 heteroatoms. The lowest BCUT2D eigenvalue weighted by molar-refractivity contribution is -0.385. The number of rotatable bonds is 4. The van der Waals surface area contributed by atoms with Crippen molar-refractivity contribution in [3.8, 4) is 0 Å². The molecule has 0 aromatic heterocycles. The molecule has 0 bridgehead atoms. The summed E-state index contributed by atoms with van der Waals surface area (Å²) < 4.78 is 0. The van der Waals surface area contributed by atoms with E-state index in [1.807, 2.05) is 13.8 Å². The van der Waals surface area contributed by atoms with Crippen molar-refractivity contribution in [3.05, 3.63) is 39.9 Å². The molecule has 1 atom stereocenters. The van der Waals surface area contributed by atoms with Gasteiger partial charge in [-0.15, -0.1) is 0 Å². The Kier molecular flexibility index (Phi) is 3.97. The lowest BCUT2D eigenvalue weighted by Gasteiger charge is -2.00. The first-order valence-corrected chi connectivity index (χ1v) is 4.91. The molecule has 1 aromatic rings. The van der Waals surface area contributed by atoms with E-state index in [1.165, 1.54) is 6.07 Å². The lowest BCUT2D eigenvalue weighted by Crippen LogP contribution is -1.98. The number of aliphatic imine (C=N–C) groups is 1. The molecule has 0 saturated heterocycles. The van der Waals surface area contributed by atoms with Crippen molar-refractivity contribution in [2.75, 3.05) is 0 Å². The van der Waals surface area contributed by atoms with Crippen molar-refractivity contribution in [2.24, 2.45) is 4.99 Å². The van der Waals surface area contributed by atoms with Crippen LogP contribution in [0.5, 0.6) is 0 Å². The SMILES string of the molecule is CC[C@H](C)N=Cc1ccccc1[N+](=O)[O-]. The van der Waals surface area contributed by atoms with E-state index in [4.69, 9.17) is 0 Å². The summed E-state index contributed by atoms with van der Waals surface area (Å²) in [6, 6.07) is 6.80. The van der Waals surface area contributed by atoms with Crippen molar-refractivity contribution >= 4 is 11.9 Å². The summed E-state index contributed by atoms with van der Waals surface area (Å²) in [4.78, 5) is 14.5. The molecule has 0 saturated carbocycles. The average Bonchev–Trinajstić information content (AvgIpc) is 2.26. The molecule has 0 amide bonds. The second-order valence-electron chi connectivity index (χ2n) is 3.35. The molecule has 0 heterocycles. The fraction of sp³-hybridized carbons (Fsp3) is 0.364. The van der Waals surface area contributed by atoms with Crippen molar-refractivity contribution in [2.45, 2.75) is 26.3 Å². The first-order chi connectivity index (χ1) is 7.15. The van der Waals surface area contributed by atoms with Crippen LogP contribution < -0.4 is 0 Å². The summed E-state index contributed by atoms with van der Waals surface area (Å²) in [5.41, 5.74) is 0.660. The van der Waals surface area contributed by atoms with E-state index in [2.05, 4.69) is 4.99 Å². The minimum Gasteiger partial charge on any atom is -0.289 e. The Hall–Kier alpha value is -1.71. The van der Waals surface area contributed by atoms with Crippen LogP contribution in [0.4, 0.5) is 5.69 Å². The molecule has 1 rings (SSSR count). The van der Waals surface area contributed by atoms with Gasteiger partial charge in [0.05, 0.1) is 10.5 Å². The molecule has 15 heavy (non-hydrogen) atoms. The third kappa shape index (κ3) is 3.16. The summed E-state index contributed by atoms with van der Waals surface area (Å²) in [6.07, 6.45) is 2.50. The van der Waals surface area contributed by atoms with Crippen LogP contribution in [-0.4, -0.2) is 17.2 Å². The largest absolute Gasteiger partial charge is 0.289 e. The topological polar surface area (TPSA) is 55.5 Å². The quantitative estimate of drug-likeness (QED) is 0.432. The summed E-state index contributed by atoms with van der Waals surface area (Å²) in [6.45, 7) is 4.01. The zero-order chi connectivity index (χ0) is 11.3. The van der Waals surface area contributed by atoms with Crippen molar-refractivity contribution < 1.29 is 4.92 Å². The second-order valence-corrected chi connectivity index (χ2v) is 3.35. The van der Waals surface area contributed by atoms with Crippen LogP contribution in [0.15, 0.2) is 29.3 Å². The highest BCUT2D eigenvalue weighted by Crippen LogP contribution is 2.15. The highest BCUT2D eigenvalue weighted by atomic mass is 16.6. The number of nitro groups is 1. The third-order valence-corrected chi connectivity index (χ3v) is 2.19. The van der Waals surface area contributed by atoms with Gasteiger partial charge in [0.25, 0.3) is 5.69 Å². The summed E-state index contributed by atoms with van der Waals surface area (Å²) in [7, 11) is 0. The maximum Gasteiger partial charge on any atom is 0.278 e. The number of hydrogen-bond acceptors (Lipinski definition) is 3. The monoisotopic (exact) mass is 206 g/mol. The third-order valence-electron chi connectivity index (χ3n) is 2.19. The minimum atomic E-state index is -0.391. The van der Waals surface area contributed by atoms with E-state index in [-0.39, 0.29) is 11.7 Å². The van der Waals surface area contributed by atoms with Crippen molar-refractivity contribution in [1.82, 2.24) is 0 Å². The van der Waals surface area contributed by atoms with E-state index in [0.717, 1.165) is 6.42 Å². The van der Waals surface area contributed by atoms with Gasteiger partial charge in [0.1, 0.15) is 0 Å². The number of nitrogens with zero attached hydrogens (tertiary/aromatic N) is 2. The molecule has 0 aliphatic carbocycles. The highest BCUT2D eigenvalue weighted by molar-refractivity contribution is 5.85. The molecule has 0 fully saturated rings. The standard InChI is InChI=1S/C11H14N2O2/c1-3-9(2)12-8-10-6-4-5-7-11(10)13(14)15/h4-9H,3H2,1-2H3/t9-/m0/s1. The van der Waals surface area contributed by atoms with Gasteiger partial charge < -0.3 is 0 Å². The first kappa shape index (κ1) is 11.4. The smallest absolute Gasteiger partial charge is 0.278 e. The van der Waals surface area contributed by atoms with E-state index >= 15 is 0 Å². The van der Waals surface area contributed by atoms with Crippen LogP contribution in [-0.2, 0) is 0 Å². The Labute approximate surface area is 88.8 Å². The van der Waals surface area contributed by atoms with Gasteiger partial charge in [-0.05, 0) is 19.4 Å². The van der Waals surface area contributed by atoms with E-state index in [1.54, 1.807) is 24.4 Å². The number of nitro benzene ring substituents is 1. The zero-order valence-corrected chi connectivity index (χ0v) is 8.88. The maximum absolute atomic E-state index is 10.7. The number of hydrogen-bond donors (Lipinski definition) is 0. The molecule has 0 aliphatic rings. The molecular weight excluding hydrogens is 192 g/mol. The van der Waals surface area contributed by atoms with Gasteiger partial charge in [0.15, 0.2) is 0 Å². The van der Waals surface area contributed by atoms with Gasteiger partial charge in [-0.1, -0.05) is 19.1 Å². The van der Waals surface area contributed by atoms with Crippen LogP contribution in [0.3, 0.4) is 0 Å². The molecule has 0 spiro atoms. The van der Waals surface area contributed by atoms with E-state index in [9.17, 15) is 10.1 Å². The normalized spacial score (nSPS) is 12.9. The van der Waals surface area contributed by atoms with Crippen LogP contribution in [0.25, 0.3) is 0 Å². The van der Waals surface area contributed by atoms with E-state index in [0.29, 0.717) is 5.56 Å². The van der Waals surface area contributed by atoms with Gasteiger partial charge in [0.2, 0.25) is 0 Å². The van der Waals surface area contributed by atoms with Gasteiger partial charge in [0, 0.05) is 18.3 Å². The van der Waals surface area contributed by atoms with Crippen LogP contribution in [0, 0.1) is 10.1 Å². The lowest BCUT2D eigenvalue weighted by atomic mass is 10.2. The number of para-hydroxylation sites is 1. The highest BCUT2D eigenvalue weighted by Gasteiger charge is 2.09. The molecule has 0 unspecified atom stereocenters. The minimum absolute atomic E-state index is 0.101. The van der Waals surface area contributed by atoms with Gasteiger partial charge >= 0.3 is 0 Å². The van der Waals surface area contributed by atoms with Gasteiger partial charge in [-0.25, -0.2) is 0 Å². The first-order valence-electron chi connectivity index (χ1n) is 4.91. The van der Waals surface area contributed by atoms with Gasteiger partial charge in [-0.3, -0.25) is 15.1 Å². The molecule has 80 valence electrons. The molecule has 4 nitrogen and oxygen atoms in total. The summed E-state index contributed by atoms with van der Waals surface area (Å²) in [5, 5.41) is 10.7. The Morgan fingerprint density at radius 2 is 2.20 bits per heavy atom. The van der Waals surface area contributed by atoms with Crippen molar-refractivity contribution in [3.63, 3.8) is 0 Å². The average molecular weight is 206 g/mol. The molecule has 0 N–H and O–H groups in total. The van der Waals surface area contributed by atoms with Crippen molar-refractivity contribution in [1.29, 1.82) is 0 Å². The summed E-state index contributed by atoms with van der Waals surface area (Å²) >= 11 is 0. The zero-order valence-electron chi connectivity index (χ0n) is 8.88. The summed E-state index contributed by atoms with van der Waals surface area (Å²) in [5.74, 6) is 0. The molecule has 0 radical (unpaired) electrons. The molecular formula is C11H14N2O2. The van der Waals surface area contributed by atoms with Crippen LogP contribution >= 0.6 is 0 Å². The van der Waals surface area contributed by atoms with Crippen LogP contribution in [0.1, 0.15) is 25.8 Å². The molecule has 0 aliphatic heterocycles. The van der Waals surface area contributed by atoms with E-state index < -0.39 is 4.92 Å². The Morgan fingerprint density at radius 3 is 2.80 bits per heavy atom. The second kappa shape index (κ2) is 5.24. The Bertz CT molecular complexity index is 375. The predicted octanol–water partition coefficient (Wildman–Crippen LogP) is 2.81.